The summed E-state index contributed by atoms with van der Waals surface area (Å²) in [6.07, 6.45) is 5.46. The largest absolute Gasteiger partial charge is 0.477 e. The number of pyridine rings is 2. The van der Waals surface area contributed by atoms with E-state index in [-0.39, 0.29) is 30.0 Å². The molecule has 1 atom stereocenters. The van der Waals surface area contributed by atoms with Crippen LogP contribution in [0.15, 0.2) is 41.7 Å². The van der Waals surface area contributed by atoms with E-state index in [1.165, 1.54) is 0 Å². The first-order valence-corrected chi connectivity index (χ1v) is 9.98. The third-order valence-electron chi connectivity index (χ3n) is 4.53. The molecule has 0 aliphatic carbocycles. The second-order valence-electron chi connectivity index (χ2n) is 6.63. The van der Waals surface area contributed by atoms with Crippen molar-refractivity contribution < 1.29 is 4.74 Å². The van der Waals surface area contributed by atoms with Gasteiger partial charge >= 0.3 is 0 Å². The standard InChI is InChI=1S/C20H27ClN6O.HI/c1-3-12-28-19-15(6-4-10-24-19)13-25-20(22-2)26-16-8-11-27(14-16)18-17(21)7-5-9-23-18;/h4-7,9-10,16H,3,8,11-14H2,1-2H3,(H2,22,25,26);1H. The number of hydrogen-bond acceptors (Lipinski definition) is 5. The Bertz CT molecular complexity index is 806. The molecule has 1 fully saturated rings. The summed E-state index contributed by atoms with van der Waals surface area (Å²) >= 11 is 6.28. The topological polar surface area (TPSA) is 74.7 Å². The molecule has 1 unspecified atom stereocenters. The molecule has 1 aliphatic heterocycles. The number of anilines is 1. The van der Waals surface area contributed by atoms with Crippen molar-refractivity contribution in [1.82, 2.24) is 20.6 Å². The van der Waals surface area contributed by atoms with Crippen molar-refractivity contribution in [2.24, 2.45) is 4.99 Å². The molecule has 0 saturated carbocycles. The smallest absolute Gasteiger partial charge is 0.218 e. The van der Waals surface area contributed by atoms with Crippen LogP contribution in [0.3, 0.4) is 0 Å². The van der Waals surface area contributed by atoms with Gasteiger partial charge in [-0.05, 0) is 31.0 Å². The highest BCUT2D eigenvalue weighted by atomic mass is 127. The number of aliphatic imine (C=N–C) groups is 1. The predicted molar refractivity (Wildman–Crippen MR) is 129 cm³/mol. The lowest BCUT2D eigenvalue weighted by atomic mass is 10.2. The van der Waals surface area contributed by atoms with Crippen LogP contribution in [-0.2, 0) is 6.54 Å². The summed E-state index contributed by atoms with van der Waals surface area (Å²) in [6.45, 7) is 5.06. The molecule has 158 valence electrons. The predicted octanol–water partition coefficient (Wildman–Crippen LogP) is 3.48. The van der Waals surface area contributed by atoms with Gasteiger partial charge in [-0.2, -0.15) is 0 Å². The first-order valence-electron chi connectivity index (χ1n) is 9.60. The summed E-state index contributed by atoms with van der Waals surface area (Å²) in [6, 6.07) is 7.92. The van der Waals surface area contributed by atoms with E-state index in [1.807, 2.05) is 24.3 Å². The van der Waals surface area contributed by atoms with Gasteiger partial charge in [0, 0.05) is 50.7 Å². The van der Waals surface area contributed by atoms with Gasteiger partial charge in [-0.3, -0.25) is 4.99 Å². The van der Waals surface area contributed by atoms with Crippen molar-refractivity contribution in [1.29, 1.82) is 0 Å². The molecule has 0 radical (unpaired) electrons. The number of ether oxygens (including phenoxy) is 1. The van der Waals surface area contributed by atoms with Gasteiger partial charge in [-0.1, -0.05) is 24.6 Å². The third-order valence-corrected chi connectivity index (χ3v) is 4.83. The van der Waals surface area contributed by atoms with E-state index in [2.05, 4.69) is 37.4 Å². The molecule has 3 heterocycles. The Hall–Kier alpha value is -1.81. The van der Waals surface area contributed by atoms with E-state index < -0.39 is 0 Å². The summed E-state index contributed by atoms with van der Waals surface area (Å²) in [5, 5.41) is 7.52. The van der Waals surface area contributed by atoms with E-state index in [4.69, 9.17) is 16.3 Å². The zero-order valence-electron chi connectivity index (χ0n) is 16.8. The van der Waals surface area contributed by atoms with Crippen LogP contribution in [0.1, 0.15) is 25.3 Å². The molecule has 0 aromatic carbocycles. The van der Waals surface area contributed by atoms with Gasteiger partial charge in [0.15, 0.2) is 5.96 Å². The minimum Gasteiger partial charge on any atom is -0.477 e. The van der Waals surface area contributed by atoms with E-state index in [1.54, 1.807) is 19.4 Å². The fraction of sp³-hybridized carbons (Fsp3) is 0.450. The van der Waals surface area contributed by atoms with Crippen molar-refractivity contribution in [2.75, 3.05) is 31.6 Å². The molecular formula is C20H28ClIN6O. The van der Waals surface area contributed by atoms with Crippen LogP contribution < -0.4 is 20.3 Å². The minimum absolute atomic E-state index is 0. The van der Waals surface area contributed by atoms with E-state index in [0.29, 0.717) is 24.1 Å². The van der Waals surface area contributed by atoms with Crippen LogP contribution in [-0.4, -0.2) is 48.7 Å². The second kappa shape index (κ2) is 12.0. The number of hydrogen-bond donors (Lipinski definition) is 2. The first-order chi connectivity index (χ1) is 13.7. The monoisotopic (exact) mass is 530 g/mol. The summed E-state index contributed by atoms with van der Waals surface area (Å²) in [5.74, 6) is 2.26. The molecule has 29 heavy (non-hydrogen) atoms. The Balaban J connectivity index is 0.00000300. The third kappa shape index (κ3) is 6.60. The summed E-state index contributed by atoms with van der Waals surface area (Å²) < 4.78 is 5.72. The highest BCUT2D eigenvalue weighted by Gasteiger charge is 2.25. The van der Waals surface area contributed by atoms with Crippen LogP contribution >= 0.6 is 35.6 Å². The summed E-state index contributed by atoms with van der Waals surface area (Å²) in [7, 11) is 1.77. The van der Waals surface area contributed by atoms with Gasteiger partial charge in [0.25, 0.3) is 0 Å². The number of rotatable bonds is 7. The maximum Gasteiger partial charge on any atom is 0.218 e. The van der Waals surface area contributed by atoms with Crippen molar-refractivity contribution in [2.45, 2.75) is 32.4 Å². The Morgan fingerprint density at radius 3 is 2.86 bits per heavy atom. The molecule has 0 bridgehead atoms. The Kier molecular flexibility index (Phi) is 9.72. The maximum atomic E-state index is 6.28. The SMILES string of the molecule is CCCOc1ncccc1CNC(=NC)NC1CCN(c2ncccc2Cl)C1.I. The molecule has 9 heteroatoms. The van der Waals surface area contributed by atoms with E-state index >= 15 is 0 Å². The second-order valence-corrected chi connectivity index (χ2v) is 7.03. The van der Waals surface area contributed by atoms with Gasteiger partial charge in [0.2, 0.25) is 5.88 Å². The van der Waals surface area contributed by atoms with Crippen molar-refractivity contribution >= 4 is 47.4 Å². The minimum atomic E-state index is 0. The van der Waals surface area contributed by atoms with Gasteiger partial charge in [-0.15, -0.1) is 24.0 Å². The van der Waals surface area contributed by atoms with Crippen molar-refractivity contribution in [3.05, 3.63) is 47.2 Å². The Morgan fingerprint density at radius 1 is 1.31 bits per heavy atom. The van der Waals surface area contributed by atoms with Crippen LogP contribution in [0.5, 0.6) is 5.88 Å². The highest BCUT2D eigenvalue weighted by molar-refractivity contribution is 14.0. The average Bonchev–Trinajstić information content (AvgIpc) is 3.18. The van der Waals surface area contributed by atoms with Gasteiger partial charge in [0.05, 0.1) is 11.6 Å². The fourth-order valence-corrected chi connectivity index (χ4v) is 3.38. The first kappa shape index (κ1) is 23.5. The van der Waals surface area contributed by atoms with Crippen LogP contribution in [0.2, 0.25) is 5.02 Å². The number of aromatic nitrogens is 2. The molecule has 2 aromatic rings. The van der Waals surface area contributed by atoms with Crippen molar-refractivity contribution in [3.63, 3.8) is 0 Å². The lowest BCUT2D eigenvalue weighted by molar-refractivity contribution is 0.301. The van der Waals surface area contributed by atoms with Crippen molar-refractivity contribution in [3.8, 4) is 5.88 Å². The average molecular weight is 531 g/mol. The summed E-state index contributed by atoms with van der Waals surface area (Å²) in [4.78, 5) is 15.3. The zero-order chi connectivity index (χ0) is 19.8. The number of halogens is 2. The van der Waals surface area contributed by atoms with Crippen LogP contribution in [0.4, 0.5) is 5.82 Å². The molecule has 7 nitrogen and oxygen atoms in total. The quantitative estimate of drug-likeness (QED) is 0.324. The molecule has 0 amide bonds. The Morgan fingerprint density at radius 2 is 2.10 bits per heavy atom. The zero-order valence-corrected chi connectivity index (χ0v) is 19.9. The van der Waals surface area contributed by atoms with E-state index in [0.717, 1.165) is 43.3 Å². The highest BCUT2D eigenvalue weighted by Crippen LogP contribution is 2.25. The van der Waals surface area contributed by atoms with Crippen LogP contribution in [0.25, 0.3) is 0 Å². The van der Waals surface area contributed by atoms with Gasteiger partial charge in [0.1, 0.15) is 5.82 Å². The molecule has 2 aromatic heterocycles. The molecule has 3 rings (SSSR count). The van der Waals surface area contributed by atoms with Gasteiger partial charge in [-0.25, -0.2) is 9.97 Å². The fourth-order valence-electron chi connectivity index (χ4n) is 3.13. The lowest BCUT2D eigenvalue weighted by Gasteiger charge is -2.20. The number of guanidine groups is 1. The molecule has 1 saturated heterocycles. The summed E-state index contributed by atoms with van der Waals surface area (Å²) in [5.41, 5.74) is 1.01. The normalized spacial score (nSPS) is 16.3. The maximum absolute atomic E-state index is 6.28. The molecule has 1 aliphatic rings. The van der Waals surface area contributed by atoms with Gasteiger partial charge < -0.3 is 20.3 Å². The van der Waals surface area contributed by atoms with Crippen LogP contribution in [0, 0.1) is 0 Å². The molecular weight excluding hydrogens is 503 g/mol. The lowest BCUT2D eigenvalue weighted by Crippen LogP contribution is -2.44. The van der Waals surface area contributed by atoms with E-state index in [9.17, 15) is 0 Å². The number of nitrogens with one attached hydrogen (secondary N) is 2. The Labute approximate surface area is 194 Å². The molecule has 0 spiro atoms. The molecule has 2 N–H and O–H groups in total. The number of nitrogens with zero attached hydrogens (tertiary/aromatic N) is 4.